The van der Waals surface area contributed by atoms with Crippen LogP contribution in [0.3, 0.4) is 0 Å². The number of methoxy groups -OCH3 is 1. The van der Waals surface area contributed by atoms with E-state index in [9.17, 15) is 19.5 Å². The highest BCUT2D eigenvalue weighted by Gasteiger charge is 2.49. The number of Topliss-reactive ketones (excluding diaryl/α,β-unsaturated/α-hetero) is 1. The molecule has 0 aromatic rings. The maximum Gasteiger partial charge on any atom is 0.316 e. The molecule has 49 heavy (non-hydrogen) atoms. The van der Waals surface area contributed by atoms with Crippen LogP contribution < -0.4 is 0 Å². The molecule has 0 radical (unpaired) electrons. The number of hydrogen-bond acceptors (Lipinski definition) is 11. The Hall–Kier alpha value is -1.67. The average Bonchev–Trinajstić information content (AvgIpc) is 2.99. The summed E-state index contributed by atoms with van der Waals surface area (Å²) >= 11 is 0. The van der Waals surface area contributed by atoms with E-state index in [0.717, 1.165) is 13.1 Å². The Morgan fingerprint density at radius 3 is 2.31 bits per heavy atom. The molecule has 0 aliphatic carbocycles. The molecule has 12 heteroatoms. The third-order valence-corrected chi connectivity index (χ3v) is 11.3. The van der Waals surface area contributed by atoms with Crippen molar-refractivity contribution in [3.63, 3.8) is 0 Å². The van der Waals surface area contributed by atoms with E-state index in [4.69, 9.17) is 18.9 Å². The van der Waals surface area contributed by atoms with Gasteiger partial charge in [-0.15, -0.1) is 0 Å². The molecule has 284 valence electrons. The van der Waals surface area contributed by atoms with E-state index in [1.54, 1.807) is 21.0 Å². The van der Waals surface area contributed by atoms with Crippen LogP contribution in [0.1, 0.15) is 74.7 Å². The number of hydrogen-bond donors (Lipinski definition) is 1. The minimum atomic E-state index is -1.03. The number of aliphatic hydroxyl groups excluding tert-OH is 1. The van der Waals surface area contributed by atoms with Crippen molar-refractivity contribution in [2.75, 3.05) is 74.6 Å². The molecule has 3 aliphatic rings. The van der Waals surface area contributed by atoms with Gasteiger partial charge >= 0.3 is 5.97 Å². The SMILES string of the molecule is CCN(C)CC(C)(C)CC(=O)N1CC(C2COC(=O)[C@H](C)C(=O)[C@H](C)[C@@H](O[C@@H]3O[C@H](C)C[C@H](N(C)C)[C@H]3O)[C@](C)(OC)C[C@@H](C)CN2C)C1. The molecule has 12 nitrogen and oxygen atoms in total. The fraction of sp³-hybridized carbons (Fsp3) is 0.919. The van der Waals surface area contributed by atoms with Crippen molar-refractivity contribution >= 4 is 17.7 Å². The number of ketones is 1. The Kier molecular flexibility index (Phi) is 14.7. The number of aliphatic hydroxyl groups is 1. The van der Waals surface area contributed by atoms with Crippen LogP contribution in [0.5, 0.6) is 0 Å². The lowest BCUT2D eigenvalue weighted by molar-refractivity contribution is -0.295. The molecule has 3 heterocycles. The quantitative estimate of drug-likeness (QED) is 0.268. The molecular weight excluding hydrogens is 628 g/mol. The van der Waals surface area contributed by atoms with Gasteiger partial charge in [0, 0.05) is 63.6 Å². The summed E-state index contributed by atoms with van der Waals surface area (Å²) in [6.07, 6.45) is -1.23. The average molecular weight is 697 g/mol. The first-order valence-electron chi connectivity index (χ1n) is 18.3. The van der Waals surface area contributed by atoms with Crippen molar-refractivity contribution in [1.29, 1.82) is 0 Å². The second kappa shape index (κ2) is 17.2. The first kappa shape index (κ1) is 41.7. The number of ether oxygens (including phenoxy) is 4. The van der Waals surface area contributed by atoms with Crippen LogP contribution >= 0.6 is 0 Å². The smallest absolute Gasteiger partial charge is 0.316 e. The summed E-state index contributed by atoms with van der Waals surface area (Å²) in [5.74, 6) is -2.30. The first-order chi connectivity index (χ1) is 22.7. The largest absolute Gasteiger partial charge is 0.463 e. The van der Waals surface area contributed by atoms with Crippen LogP contribution in [-0.4, -0.2) is 159 Å². The lowest BCUT2D eigenvalue weighted by atomic mass is 9.78. The number of likely N-dealkylation sites (N-methyl/N-ethyl adjacent to an activating group) is 2. The molecule has 10 atom stereocenters. The molecule has 0 spiro atoms. The predicted octanol–water partition coefficient (Wildman–Crippen LogP) is 2.75. The number of cyclic esters (lactones) is 1. The first-order valence-corrected chi connectivity index (χ1v) is 18.3. The van der Waals surface area contributed by atoms with E-state index in [1.165, 1.54) is 0 Å². The summed E-state index contributed by atoms with van der Waals surface area (Å²) in [6.45, 7) is 19.6. The van der Waals surface area contributed by atoms with E-state index in [1.807, 2.05) is 44.8 Å². The van der Waals surface area contributed by atoms with Gasteiger partial charge in [0.1, 0.15) is 18.6 Å². The molecule has 3 rings (SSSR count). The lowest BCUT2D eigenvalue weighted by Crippen LogP contribution is -2.60. The minimum Gasteiger partial charge on any atom is -0.463 e. The minimum absolute atomic E-state index is 0.0968. The van der Waals surface area contributed by atoms with Gasteiger partial charge in [-0.25, -0.2) is 0 Å². The highest BCUT2D eigenvalue weighted by Crippen LogP contribution is 2.37. The van der Waals surface area contributed by atoms with Gasteiger partial charge in [-0.3, -0.25) is 19.3 Å². The summed E-state index contributed by atoms with van der Waals surface area (Å²) in [6, 6.07) is -0.306. The van der Waals surface area contributed by atoms with Crippen LogP contribution in [0.15, 0.2) is 0 Å². The van der Waals surface area contributed by atoms with E-state index in [-0.39, 0.29) is 53.7 Å². The number of nitrogens with zero attached hydrogens (tertiary/aromatic N) is 4. The van der Waals surface area contributed by atoms with Gasteiger partial charge in [0.05, 0.1) is 17.8 Å². The van der Waals surface area contributed by atoms with E-state index in [0.29, 0.717) is 38.9 Å². The Labute approximate surface area is 296 Å². The van der Waals surface area contributed by atoms with Gasteiger partial charge in [0.2, 0.25) is 5.91 Å². The second-order valence-electron chi connectivity index (χ2n) is 16.7. The normalized spacial score (nSPS) is 36.6. The van der Waals surface area contributed by atoms with Crippen molar-refractivity contribution in [2.45, 2.75) is 117 Å². The van der Waals surface area contributed by atoms with Gasteiger partial charge < -0.3 is 38.8 Å². The fourth-order valence-electron chi connectivity index (χ4n) is 8.24. The Morgan fingerprint density at radius 2 is 1.73 bits per heavy atom. The predicted molar refractivity (Wildman–Crippen MR) is 189 cm³/mol. The van der Waals surface area contributed by atoms with Crippen LogP contribution in [0.4, 0.5) is 0 Å². The molecule has 1 unspecified atom stereocenters. The number of carbonyl (C=O) groups excluding carboxylic acids is 3. The van der Waals surface area contributed by atoms with Gasteiger partial charge in [-0.2, -0.15) is 0 Å². The van der Waals surface area contributed by atoms with E-state index < -0.39 is 41.9 Å². The number of esters is 1. The molecule has 3 aliphatic heterocycles. The molecule has 1 amide bonds. The topological polar surface area (TPSA) is 121 Å². The molecule has 3 saturated heterocycles. The third-order valence-electron chi connectivity index (χ3n) is 11.3. The summed E-state index contributed by atoms with van der Waals surface area (Å²) < 4.78 is 24.8. The van der Waals surface area contributed by atoms with Crippen molar-refractivity contribution < 1.29 is 38.4 Å². The molecule has 3 fully saturated rings. The monoisotopic (exact) mass is 697 g/mol. The van der Waals surface area contributed by atoms with Crippen LogP contribution in [0.2, 0.25) is 0 Å². The molecule has 1 N–H and O–H groups in total. The zero-order chi connectivity index (χ0) is 37.0. The van der Waals surface area contributed by atoms with E-state index >= 15 is 0 Å². The van der Waals surface area contributed by atoms with E-state index in [2.05, 4.69) is 44.5 Å². The molecule has 0 aromatic heterocycles. The number of rotatable bonds is 10. The number of carbonyl (C=O) groups is 3. The Morgan fingerprint density at radius 1 is 1.10 bits per heavy atom. The molecule has 0 saturated carbocycles. The summed E-state index contributed by atoms with van der Waals surface area (Å²) in [4.78, 5) is 49.0. The van der Waals surface area contributed by atoms with Crippen molar-refractivity contribution in [3.8, 4) is 0 Å². The van der Waals surface area contributed by atoms with Gasteiger partial charge in [-0.1, -0.05) is 34.6 Å². The zero-order valence-electron chi connectivity index (χ0n) is 32.7. The number of amides is 1. The third kappa shape index (κ3) is 10.5. The standard InChI is InChI=1S/C37H68N4O8/c1-14-39(11)22-36(6,7)17-30(42)41-19-27(20-41)29-21-47-34(45)26(5)31(43)25(4)33(37(8,46-13)16-23(2)18-40(29)12)49-35-32(44)28(38(9)10)15-24(3)48-35/h23-29,32-33,35,44H,14-22H2,1-13H3/t23-,24-,25+,26-,28+,29?,32-,33-,35+,37-/m1/s1. The lowest BCUT2D eigenvalue weighted by Gasteiger charge is -2.48. The maximum absolute atomic E-state index is 14.0. The van der Waals surface area contributed by atoms with Gasteiger partial charge in [-0.05, 0) is 79.7 Å². The number of likely N-dealkylation sites (tertiary alicyclic amines) is 1. The summed E-state index contributed by atoms with van der Waals surface area (Å²) in [5, 5.41) is 11.3. The molecule has 0 bridgehead atoms. The van der Waals surface area contributed by atoms with Crippen molar-refractivity contribution in [3.05, 3.63) is 0 Å². The summed E-state index contributed by atoms with van der Waals surface area (Å²) in [5.41, 5.74) is -1.08. The van der Waals surface area contributed by atoms with Gasteiger partial charge in [0.25, 0.3) is 0 Å². The fourth-order valence-corrected chi connectivity index (χ4v) is 8.24. The van der Waals surface area contributed by atoms with Crippen molar-refractivity contribution in [2.24, 2.45) is 29.1 Å². The second-order valence-corrected chi connectivity index (χ2v) is 16.7. The van der Waals surface area contributed by atoms with Gasteiger partial charge in [0.15, 0.2) is 12.1 Å². The highest BCUT2D eigenvalue weighted by molar-refractivity contribution is 6.00. The van der Waals surface area contributed by atoms with Crippen LogP contribution in [0, 0.1) is 29.1 Å². The van der Waals surface area contributed by atoms with Crippen LogP contribution in [-0.2, 0) is 33.3 Å². The van der Waals surface area contributed by atoms with Crippen molar-refractivity contribution in [1.82, 2.24) is 19.6 Å². The summed E-state index contributed by atoms with van der Waals surface area (Å²) in [7, 11) is 9.56. The molecule has 0 aromatic carbocycles. The Bertz CT molecular complexity index is 1120. The maximum atomic E-state index is 14.0. The zero-order valence-corrected chi connectivity index (χ0v) is 32.7. The highest BCUT2D eigenvalue weighted by atomic mass is 16.7. The Balaban J connectivity index is 1.82. The van der Waals surface area contributed by atoms with Crippen LogP contribution in [0.25, 0.3) is 0 Å². The molecular formula is C37H68N4O8.